The molecular weight excluding hydrogens is 432 g/mol. The molecular formula is C23H24N2O6S. The van der Waals surface area contributed by atoms with Gasteiger partial charge in [0, 0.05) is 18.7 Å². The van der Waals surface area contributed by atoms with Gasteiger partial charge in [-0.1, -0.05) is 6.07 Å². The molecule has 0 radical (unpaired) electrons. The molecule has 0 atom stereocenters. The Hall–Kier alpha value is -3.46. The zero-order chi connectivity index (χ0) is 23.1. The van der Waals surface area contributed by atoms with Gasteiger partial charge < -0.3 is 19.5 Å². The number of anilines is 1. The molecule has 0 spiro atoms. The number of carbonyl (C=O) groups excluding carboxylic acids is 3. The van der Waals surface area contributed by atoms with E-state index in [1.807, 2.05) is 6.92 Å². The lowest BCUT2D eigenvalue weighted by Gasteiger charge is -2.12. The Bertz CT molecular complexity index is 1040. The standard InChI is InChI=1S/C23H24N2O6S/c1-4-31-17-8-6-16(7-9-17)24-21(26)11-12-25-22(27)20(32-23(25)28)14-15-5-10-18(29-2)19(13-15)30-3/h5-10,13-14H,4,11-12H2,1-3H3,(H,24,26)/b20-14-. The lowest BCUT2D eigenvalue weighted by Crippen LogP contribution is -2.31. The molecule has 0 unspecified atom stereocenters. The molecule has 0 aromatic heterocycles. The molecule has 1 N–H and O–H groups in total. The summed E-state index contributed by atoms with van der Waals surface area (Å²) in [5.41, 5.74) is 1.31. The summed E-state index contributed by atoms with van der Waals surface area (Å²) in [6, 6.07) is 12.2. The lowest BCUT2D eigenvalue weighted by molar-refractivity contribution is -0.123. The minimum Gasteiger partial charge on any atom is -0.494 e. The van der Waals surface area contributed by atoms with Gasteiger partial charge in [0.1, 0.15) is 5.75 Å². The summed E-state index contributed by atoms with van der Waals surface area (Å²) in [5, 5.41) is 2.34. The van der Waals surface area contributed by atoms with Crippen LogP contribution < -0.4 is 19.5 Å². The molecule has 3 rings (SSSR count). The van der Waals surface area contributed by atoms with Crippen molar-refractivity contribution in [2.45, 2.75) is 13.3 Å². The highest BCUT2D eigenvalue weighted by Gasteiger charge is 2.35. The lowest BCUT2D eigenvalue weighted by atomic mass is 10.2. The zero-order valence-electron chi connectivity index (χ0n) is 18.0. The summed E-state index contributed by atoms with van der Waals surface area (Å²) in [5.74, 6) is 1.08. The summed E-state index contributed by atoms with van der Waals surface area (Å²) in [7, 11) is 3.06. The minimum absolute atomic E-state index is 0.00317. The Labute approximate surface area is 190 Å². The summed E-state index contributed by atoms with van der Waals surface area (Å²) in [6.45, 7) is 2.45. The van der Waals surface area contributed by atoms with Crippen LogP contribution in [0.2, 0.25) is 0 Å². The summed E-state index contributed by atoms with van der Waals surface area (Å²) in [4.78, 5) is 38.6. The van der Waals surface area contributed by atoms with Crippen LogP contribution in [0.25, 0.3) is 6.08 Å². The number of hydrogen-bond donors (Lipinski definition) is 1. The van der Waals surface area contributed by atoms with Crippen molar-refractivity contribution in [2.75, 3.05) is 32.7 Å². The van der Waals surface area contributed by atoms with E-state index >= 15 is 0 Å². The first-order valence-electron chi connectivity index (χ1n) is 9.95. The van der Waals surface area contributed by atoms with Gasteiger partial charge in [-0.15, -0.1) is 0 Å². The van der Waals surface area contributed by atoms with Crippen LogP contribution in [0.4, 0.5) is 10.5 Å². The van der Waals surface area contributed by atoms with Gasteiger partial charge >= 0.3 is 0 Å². The van der Waals surface area contributed by atoms with Gasteiger partial charge in [-0.2, -0.15) is 0 Å². The molecule has 0 saturated carbocycles. The molecule has 1 fully saturated rings. The number of carbonyl (C=O) groups is 3. The minimum atomic E-state index is -0.427. The second-order valence-corrected chi connectivity index (χ2v) is 7.70. The van der Waals surface area contributed by atoms with Crippen LogP contribution in [0.3, 0.4) is 0 Å². The average molecular weight is 457 g/mol. The Morgan fingerprint density at radius 1 is 1.06 bits per heavy atom. The van der Waals surface area contributed by atoms with E-state index in [9.17, 15) is 14.4 Å². The smallest absolute Gasteiger partial charge is 0.293 e. The maximum Gasteiger partial charge on any atom is 0.293 e. The highest BCUT2D eigenvalue weighted by molar-refractivity contribution is 8.18. The average Bonchev–Trinajstić information content (AvgIpc) is 3.06. The van der Waals surface area contributed by atoms with Gasteiger partial charge in [-0.05, 0) is 66.7 Å². The van der Waals surface area contributed by atoms with Gasteiger partial charge in [-0.3, -0.25) is 19.3 Å². The van der Waals surface area contributed by atoms with Crippen LogP contribution in [0.15, 0.2) is 47.4 Å². The quantitative estimate of drug-likeness (QED) is 0.566. The predicted molar refractivity (Wildman–Crippen MR) is 123 cm³/mol. The SMILES string of the molecule is CCOc1ccc(NC(=O)CCN2C(=O)S/C(=C\c3ccc(OC)c(OC)c3)C2=O)cc1. The Kier molecular flexibility index (Phi) is 7.77. The molecule has 1 heterocycles. The van der Waals surface area contributed by atoms with Crippen LogP contribution in [0.5, 0.6) is 17.2 Å². The van der Waals surface area contributed by atoms with Gasteiger partial charge in [0.25, 0.3) is 11.1 Å². The number of imide groups is 1. The molecule has 0 bridgehead atoms. The first-order chi connectivity index (χ1) is 15.4. The van der Waals surface area contributed by atoms with Crippen LogP contribution in [0, 0.1) is 0 Å². The summed E-state index contributed by atoms with van der Waals surface area (Å²) >= 11 is 0.843. The second kappa shape index (κ2) is 10.7. The Morgan fingerprint density at radius 2 is 1.78 bits per heavy atom. The maximum atomic E-state index is 12.7. The van der Waals surface area contributed by atoms with Crippen molar-refractivity contribution >= 4 is 40.6 Å². The summed E-state index contributed by atoms with van der Waals surface area (Å²) in [6.07, 6.45) is 1.61. The van der Waals surface area contributed by atoms with Crippen LogP contribution >= 0.6 is 11.8 Å². The van der Waals surface area contributed by atoms with Crippen LogP contribution in [0.1, 0.15) is 18.9 Å². The van der Waals surface area contributed by atoms with E-state index in [1.165, 1.54) is 14.2 Å². The van der Waals surface area contributed by atoms with E-state index in [2.05, 4.69) is 5.32 Å². The van der Waals surface area contributed by atoms with E-state index in [0.717, 1.165) is 16.7 Å². The number of methoxy groups -OCH3 is 2. The fourth-order valence-electron chi connectivity index (χ4n) is 3.02. The number of benzene rings is 2. The van der Waals surface area contributed by atoms with Crippen molar-refractivity contribution in [3.05, 3.63) is 52.9 Å². The Morgan fingerprint density at radius 3 is 2.44 bits per heavy atom. The molecule has 168 valence electrons. The van der Waals surface area contributed by atoms with Crippen molar-refractivity contribution in [1.82, 2.24) is 4.90 Å². The van der Waals surface area contributed by atoms with E-state index in [1.54, 1.807) is 48.5 Å². The zero-order valence-corrected chi connectivity index (χ0v) is 18.9. The molecule has 2 aromatic carbocycles. The first kappa shape index (κ1) is 23.2. The third-order valence-corrected chi connectivity index (χ3v) is 5.50. The second-order valence-electron chi connectivity index (χ2n) is 6.70. The molecule has 3 amide bonds. The van der Waals surface area contributed by atoms with Crippen molar-refractivity contribution in [1.29, 1.82) is 0 Å². The van der Waals surface area contributed by atoms with E-state index in [0.29, 0.717) is 35.1 Å². The molecule has 1 aliphatic rings. The number of nitrogens with zero attached hydrogens (tertiary/aromatic N) is 1. The normalized spacial score (nSPS) is 14.6. The Balaban J connectivity index is 1.60. The number of thioether (sulfide) groups is 1. The van der Waals surface area contributed by atoms with Gasteiger partial charge in [-0.25, -0.2) is 0 Å². The third kappa shape index (κ3) is 5.61. The first-order valence-corrected chi connectivity index (χ1v) is 10.8. The monoisotopic (exact) mass is 456 g/mol. The predicted octanol–water partition coefficient (Wildman–Crippen LogP) is 4.17. The summed E-state index contributed by atoms with van der Waals surface area (Å²) < 4.78 is 15.8. The molecule has 8 nitrogen and oxygen atoms in total. The topological polar surface area (TPSA) is 94.2 Å². The highest BCUT2D eigenvalue weighted by atomic mass is 32.2. The van der Waals surface area contributed by atoms with Crippen LogP contribution in [-0.4, -0.2) is 49.3 Å². The number of hydrogen-bond acceptors (Lipinski definition) is 7. The molecule has 32 heavy (non-hydrogen) atoms. The largest absolute Gasteiger partial charge is 0.494 e. The van der Waals surface area contributed by atoms with Gasteiger partial charge in [0.2, 0.25) is 5.91 Å². The molecule has 1 aliphatic heterocycles. The van der Waals surface area contributed by atoms with Crippen molar-refractivity contribution in [3.63, 3.8) is 0 Å². The fourth-order valence-corrected chi connectivity index (χ4v) is 3.89. The van der Waals surface area contributed by atoms with E-state index < -0.39 is 11.1 Å². The van der Waals surface area contributed by atoms with E-state index in [4.69, 9.17) is 14.2 Å². The number of nitrogens with one attached hydrogen (secondary N) is 1. The van der Waals surface area contributed by atoms with Crippen molar-refractivity contribution in [3.8, 4) is 17.2 Å². The number of amides is 3. The van der Waals surface area contributed by atoms with E-state index in [-0.39, 0.29) is 23.8 Å². The fraction of sp³-hybridized carbons (Fsp3) is 0.261. The van der Waals surface area contributed by atoms with Crippen molar-refractivity contribution in [2.24, 2.45) is 0 Å². The van der Waals surface area contributed by atoms with Crippen LogP contribution in [-0.2, 0) is 9.59 Å². The molecule has 0 aliphatic carbocycles. The molecule has 1 saturated heterocycles. The molecule has 2 aromatic rings. The molecule has 9 heteroatoms. The third-order valence-electron chi connectivity index (χ3n) is 4.59. The van der Waals surface area contributed by atoms with Crippen molar-refractivity contribution < 1.29 is 28.6 Å². The maximum absolute atomic E-state index is 12.7. The number of ether oxygens (including phenoxy) is 3. The van der Waals surface area contributed by atoms with Gasteiger partial charge in [0.05, 0.1) is 25.7 Å². The van der Waals surface area contributed by atoms with Gasteiger partial charge in [0.15, 0.2) is 11.5 Å². The highest BCUT2D eigenvalue weighted by Crippen LogP contribution is 2.34. The number of rotatable bonds is 9.